The lowest BCUT2D eigenvalue weighted by atomic mass is 10.2. The van der Waals surface area contributed by atoms with E-state index in [1.165, 1.54) is 11.3 Å². The summed E-state index contributed by atoms with van der Waals surface area (Å²) in [4.78, 5) is 13.7. The van der Waals surface area contributed by atoms with Crippen LogP contribution in [0.1, 0.15) is 11.3 Å². The van der Waals surface area contributed by atoms with Gasteiger partial charge < -0.3 is 15.5 Å². The van der Waals surface area contributed by atoms with Crippen molar-refractivity contribution in [3.8, 4) is 0 Å². The molecule has 1 aliphatic rings. The molecule has 0 spiro atoms. The van der Waals surface area contributed by atoms with Gasteiger partial charge in [0, 0.05) is 24.5 Å². The smallest absolute Gasteiger partial charge is 0.225 e. The summed E-state index contributed by atoms with van der Waals surface area (Å²) in [5, 5.41) is 7.75. The highest BCUT2D eigenvalue weighted by Crippen LogP contribution is 2.30. The van der Waals surface area contributed by atoms with Crippen LogP contribution in [-0.4, -0.2) is 48.1 Å². The van der Waals surface area contributed by atoms with Crippen LogP contribution in [0.2, 0.25) is 0 Å². The zero-order chi connectivity index (χ0) is 13.4. The van der Waals surface area contributed by atoms with Gasteiger partial charge in [-0.05, 0) is 33.0 Å². The SMILES string of the molecule is CNc1nc(NC2CCN(C)C2)c2cc(C)sc2n1. The number of rotatable bonds is 3. The molecule has 102 valence electrons. The van der Waals surface area contributed by atoms with Crippen LogP contribution in [0.5, 0.6) is 0 Å². The topological polar surface area (TPSA) is 53.1 Å². The van der Waals surface area contributed by atoms with Crippen molar-refractivity contribution in [1.29, 1.82) is 0 Å². The lowest BCUT2D eigenvalue weighted by Gasteiger charge is -2.14. The molecule has 19 heavy (non-hydrogen) atoms. The number of nitrogens with one attached hydrogen (secondary N) is 2. The Hall–Kier alpha value is -1.40. The van der Waals surface area contributed by atoms with Gasteiger partial charge in [-0.25, -0.2) is 4.98 Å². The number of likely N-dealkylation sites (N-methyl/N-ethyl adjacent to an activating group) is 1. The van der Waals surface area contributed by atoms with Crippen LogP contribution in [0, 0.1) is 6.92 Å². The zero-order valence-electron chi connectivity index (χ0n) is 11.5. The van der Waals surface area contributed by atoms with E-state index in [0.717, 1.165) is 29.1 Å². The number of nitrogens with zero attached hydrogens (tertiary/aromatic N) is 3. The highest BCUT2D eigenvalue weighted by atomic mass is 32.1. The molecule has 0 saturated carbocycles. The van der Waals surface area contributed by atoms with Gasteiger partial charge in [0.25, 0.3) is 0 Å². The third kappa shape index (κ3) is 2.50. The van der Waals surface area contributed by atoms with Gasteiger partial charge in [-0.1, -0.05) is 0 Å². The minimum Gasteiger partial charge on any atom is -0.365 e. The maximum atomic E-state index is 4.58. The Kier molecular flexibility index (Phi) is 3.28. The van der Waals surface area contributed by atoms with Crippen molar-refractivity contribution in [2.75, 3.05) is 37.8 Å². The predicted molar refractivity (Wildman–Crippen MR) is 81.2 cm³/mol. The first kappa shape index (κ1) is 12.6. The minimum atomic E-state index is 0.480. The van der Waals surface area contributed by atoms with Crippen LogP contribution in [0.4, 0.5) is 11.8 Å². The van der Waals surface area contributed by atoms with Crippen LogP contribution in [0.3, 0.4) is 0 Å². The lowest BCUT2D eigenvalue weighted by molar-refractivity contribution is 0.414. The monoisotopic (exact) mass is 277 g/mol. The van der Waals surface area contributed by atoms with Crippen LogP contribution < -0.4 is 10.6 Å². The molecule has 6 heteroatoms. The molecule has 3 heterocycles. The molecule has 2 aromatic heterocycles. The van der Waals surface area contributed by atoms with Crippen LogP contribution in [0.25, 0.3) is 10.2 Å². The van der Waals surface area contributed by atoms with Crippen molar-refractivity contribution in [2.24, 2.45) is 0 Å². The molecule has 0 aromatic carbocycles. The highest BCUT2D eigenvalue weighted by molar-refractivity contribution is 7.18. The molecule has 1 saturated heterocycles. The molecule has 0 amide bonds. The fraction of sp³-hybridized carbons (Fsp3) is 0.538. The summed E-state index contributed by atoms with van der Waals surface area (Å²) >= 11 is 1.71. The van der Waals surface area contributed by atoms with E-state index >= 15 is 0 Å². The normalized spacial score (nSPS) is 20.1. The maximum Gasteiger partial charge on any atom is 0.225 e. The van der Waals surface area contributed by atoms with Crippen LogP contribution >= 0.6 is 11.3 Å². The Morgan fingerprint density at radius 2 is 2.26 bits per heavy atom. The number of aromatic nitrogens is 2. The second-order valence-electron chi connectivity index (χ2n) is 5.11. The van der Waals surface area contributed by atoms with Crippen molar-refractivity contribution < 1.29 is 0 Å². The second kappa shape index (κ2) is 4.94. The summed E-state index contributed by atoms with van der Waals surface area (Å²) in [6.45, 7) is 4.33. The molecule has 1 atom stereocenters. The Balaban J connectivity index is 1.96. The molecule has 0 aliphatic carbocycles. The van der Waals surface area contributed by atoms with Crippen molar-refractivity contribution in [2.45, 2.75) is 19.4 Å². The van der Waals surface area contributed by atoms with Gasteiger partial charge in [0.05, 0.1) is 5.39 Å². The summed E-state index contributed by atoms with van der Waals surface area (Å²) in [6, 6.07) is 2.65. The molecular weight excluding hydrogens is 258 g/mol. The van der Waals surface area contributed by atoms with Crippen molar-refractivity contribution in [3.63, 3.8) is 0 Å². The number of fused-ring (bicyclic) bond motifs is 1. The van der Waals surface area contributed by atoms with Crippen LogP contribution in [0.15, 0.2) is 6.07 Å². The van der Waals surface area contributed by atoms with Gasteiger partial charge in [0.2, 0.25) is 5.95 Å². The summed E-state index contributed by atoms with van der Waals surface area (Å²) < 4.78 is 0. The van der Waals surface area contributed by atoms with E-state index in [0.29, 0.717) is 12.0 Å². The van der Waals surface area contributed by atoms with Gasteiger partial charge in [-0.15, -0.1) is 11.3 Å². The van der Waals surface area contributed by atoms with E-state index in [1.54, 1.807) is 11.3 Å². The first-order valence-electron chi connectivity index (χ1n) is 6.56. The van der Waals surface area contributed by atoms with Crippen molar-refractivity contribution in [1.82, 2.24) is 14.9 Å². The number of likely N-dealkylation sites (tertiary alicyclic amines) is 1. The Bertz CT molecular complexity index is 594. The first-order valence-corrected chi connectivity index (χ1v) is 7.38. The molecule has 0 radical (unpaired) electrons. The number of hydrogen-bond acceptors (Lipinski definition) is 6. The largest absolute Gasteiger partial charge is 0.365 e. The zero-order valence-corrected chi connectivity index (χ0v) is 12.3. The quantitative estimate of drug-likeness (QED) is 0.900. The summed E-state index contributed by atoms with van der Waals surface area (Å²) in [5.41, 5.74) is 0. The van der Waals surface area contributed by atoms with Gasteiger partial charge in [0.1, 0.15) is 10.6 Å². The average Bonchev–Trinajstić information content (AvgIpc) is 2.94. The van der Waals surface area contributed by atoms with E-state index in [2.05, 4.69) is 45.5 Å². The van der Waals surface area contributed by atoms with E-state index in [4.69, 9.17) is 0 Å². The van der Waals surface area contributed by atoms with E-state index < -0.39 is 0 Å². The van der Waals surface area contributed by atoms with E-state index in [1.807, 2.05) is 7.05 Å². The molecule has 2 N–H and O–H groups in total. The number of hydrogen-bond donors (Lipinski definition) is 2. The van der Waals surface area contributed by atoms with Crippen LogP contribution in [-0.2, 0) is 0 Å². The Morgan fingerprint density at radius 1 is 1.42 bits per heavy atom. The minimum absolute atomic E-state index is 0.480. The summed E-state index contributed by atoms with van der Waals surface area (Å²) in [6.07, 6.45) is 1.17. The number of aryl methyl sites for hydroxylation is 1. The molecule has 1 unspecified atom stereocenters. The maximum absolute atomic E-state index is 4.58. The van der Waals surface area contributed by atoms with E-state index in [-0.39, 0.29) is 0 Å². The third-order valence-electron chi connectivity index (χ3n) is 3.47. The molecule has 1 aliphatic heterocycles. The van der Waals surface area contributed by atoms with Gasteiger partial charge in [-0.2, -0.15) is 4.98 Å². The van der Waals surface area contributed by atoms with Gasteiger partial charge >= 0.3 is 0 Å². The Morgan fingerprint density at radius 3 is 2.95 bits per heavy atom. The average molecular weight is 277 g/mol. The van der Waals surface area contributed by atoms with Gasteiger partial charge in [-0.3, -0.25) is 0 Å². The molecule has 5 nitrogen and oxygen atoms in total. The van der Waals surface area contributed by atoms with E-state index in [9.17, 15) is 0 Å². The molecule has 0 bridgehead atoms. The second-order valence-corrected chi connectivity index (χ2v) is 6.35. The Labute approximate surface area is 117 Å². The van der Waals surface area contributed by atoms with Crippen molar-refractivity contribution in [3.05, 3.63) is 10.9 Å². The van der Waals surface area contributed by atoms with Crippen molar-refractivity contribution >= 4 is 33.3 Å². The molecule has 2 aromatic rings. The first-order chi connectivity index (χ1) is 9.15. The molecule has 3 rings (SSSR count). The number of thiophene rings is 1. The highest BCUT2D eigenvalue weighted by Gasteiger charge is 2.21. The standard InChI is InChI=1S/C13H19N5S/c1-8-6-10-11(15-9-4-5-18(3)7-9)16-13(14-2)17-12(10)19-8/h6,9H,4-5,7H2,1-3H3,(H2,14,15,16,17). The molecule has 1 fully saturated rings. The number of anilines is 2. The summed E-state index contributed by atoms with van der Waals surface area (Å²) in [5.74, 6) is 1.64. The predicted octanol–water partition coefficient (Wildman–Crippen LogP) is 2.16. The fourth-order valence-corrected chi connectivity index (χ4v) is 3.39. The lowest BCUT2D eigenvalue weighted by Crippen LogP contribution is -2.24. The third-order valence-corrected chi connectivity index (χ3v) is 4.42. The molecular formula is C13H19N5S. The summed E-state index contributed by atoms with van der Waals surface area (Å²) in [7, 11) is 4.01. The fourth-order valence-electron chi connectivity index (χ4n) is 2.51. The van der Waals surface area contributed by atoms with Gasteiger partial charge in [0.15, 0.2) is 0 Å².